The highest BCUT2D eigenvalue weighted by molar-refractivity contribution is 6.07. The smallest absolute Gasteiger partial charge is 0.320 e. The fourth-order valence-corrected chi connectivity index (χ4v) is 3.24. The van der Waals surface area contributed by atoms with Gasteiger partial charge in [-0.2, -0.15) is 0 Å². The average Bonchev–Trinajstić information content (AvgIpc) is 2.69. The molecule has 0 saturated carbocycles. The van der Waals surface area contributed by atoms with Crippen molar-refractivity contribution in [2.24, 2.45) is 0 Å². The lowest BCUT2D eigenvalue weighted by Gasteiger charge is -2.30. The first-order chi connectivity index (χ1) is 13.9. The monoisotopic (exact) mass is 394 g/mol. The summed E-state index contributed by atoms with van der Waals surface area (Å²) in [4.78, 5) is 36.2. The highest BCUT2D eigenvalue weighted by Crippen LogP contribution is 2.36. The Bertz CT molecular complexity index is 982. The van der Waals surface area contributed by atoms with Crippen molar-refractivity contribution in [2.75, 3.05) is 6.61 Å². The molecular weight excluding hydrogens is 372 g/mol. The van der Waals surface area contributed by atoms with Crippen LogP contribution in [0.25, 0.3) is 5.70 Å². The third-order valence-electron chi connectivity index (χ3n) is 4.37. The minimum atomic E-state index is -0.679. The van der Waals surface area contributed by atoms with Gasteiger partial charge in [0.15, 0.2) is 17.3 Å². The van der Waals surface area contributed by atoms with E-state index in [1.165, 1.54) is 13.8 Å². The summed E-state index contributed by atoms with van der Waals surface area (Å²) in [5, 5.41) is 5.55. The molecule has 0 fully saturated rings. The lowest BCUT2D eigenvalue weighted by molar-refractivity contribution is -0.132. The molecule has 7 heteroatoms. The largest absolute Gasteiger partial charge is 0.490 e. The number of ketones is 1. The van der Waals surface area contributed by atoms with Crippen LogP contribution in [0.1, 0.15) is 37.9 Å². The van der Waals surface area contributed by atoms with Gasteiger partial charge in [0, 0.05) is 12.5 Å². The molecule has 0 bridgehead atoms. The van der Waals surface area contributed by atoms with Gasteiger partial charge in [0.2, 0.25) is 0 Å². The van der Waals surface area contributed by atoms with E-state index in [4.69, 9.17) is 9.47 Å². The Kier molecular flexibility index (Phi) is 5.97. The van der Waals surface area contributed by atoms with Crippen LogP contribution in [0.5, 0.6) is 11.5 Å². The third kappa shape index (κ3) is 4.45. The number of esters is 1. The van der Waals surface area contributed by atoms with Crippen LogP contribution in [0.4, 0.5) is 4.79 Å². The molecule has 7 nitrogen and oxygen atoms in total. The van der Waals surface area contributed by atoms with Gasteiger partial charge < -0.3 is 20.1 Å². The van der Waals surface area contributed by atoms with Crippen molar-refractivity contribution >= 4 is 23.5 Å². The topological polar surface area (TPSA) is 93.7 Å². The number of hydrogen-bond acceptors (Lipinski definition) is 5. The van der Waals surface area contributed by atoms with Crippen LogP contribution in [0.3, 0.4) is 0 Å². The quantitative estimate of drug-likeness (QED) is 0.579. The van der Waals surface area contributed by atoms with Gasteiger partial charge in [0.1, 0.15) is 0 Å². The van der Waals surface area contributed by atoms with Gasteiger partial charge in [-0.05, 0) is 37.1 Å². The Morgan fingerprint density at radius 1 is 1.03 bits per heavy atom. The highest BCUT2D eigenvalue weighted by Gasteiger charge is 2.32. The van der Waals surface area contributed by atoms with E-state index < -0.39 is 18.0 Å². The van der Waals surface area contributed by atoms with Gasteiger partial charge >= 0.3 is 12.0 Å². The second-order valence-corrected chi connectivity index (χ2v) is 6.48. The molecule has 1 heterocycles. The summed E-state index contributed by atoms with van der Waals surface area (Å²) in [6.45, 7) is 4.94. The Morgan fingerprint density at radius 2 is 1.76 bits per heavy atom. The lowest BCUT2D eigenvalue weighted by atomic mass is 9.90. The molecule has 0 unspecified atom stereocenters. The number of rotatable bonds is 6. The van der Waals surface area contributed by atoms with E-state index in [2.05, 4.69) is 10.6 Å². The molecular formula is C22H22N2O5. The molecule has 1 aliphatic heterocycles. The van der Waals surface area contributed by atoms with Gasteiger partial charge in [-0.15, -0.1) is 0 Å². The number of amides is 2. The van der Waals surface area contributed by atoms with Gasteiger partial charge in [-0.3, -0.25) is 9.59 Å². The van der Waals surface area contributed by atoms with Gasteiger partial charge in [-0.1, -0.05) is 36.4 Å². The highest BCUT2D eigenvalue weighted by atomic mass is 16.6. The zero-order valence-corrected chi connectivity index (χ0v) is 16.4. The molecule has 0 saturated heterocycles. The van der Waals surface area contributed by atoms with Crippen molar-refractivity contribution in [1.29, 1.82) is 0 Å². The number of hydrogen-bond donors (Lipinski definition) is 2. The predicted molar refractivity (Wildman–Crippen MR) is 107 cm³/mol. The zero-order chi connectivity index (χ0) is 21.0. The Labute approximate surface area is 168 Å². The molecule has 0 aliphatic carbocycles. The first kappa shape index (κ1) is 20.1. The van der Waals surface area contributed by atoms with Crippen molar-refractivity contribution in [1.82, 2.24) is 10.6 Å². The molecule has 29 heavy (non-hydrogen) atoms. The second kappa shape index (κ2) is 8.60. The number of carbonyl (C=O) groups excluding carboxylic acids is 3. The van der Waals surface area contributed by atoms with E-state index in [1.54, 1.807) is 18.2 Å². The van der Waals surface area contributed by atoms with E-state index >= 15 is 0 Å². The molecule has 2 aromatic carbocycles. The number of urea groups is 1. The third-order valence-corrected chi connectivity index (χ3v) is 4.37. The van der Waals surface area contributed by atoms with Crippen LogP contribution in [0, 0.1) is 0 Å². The van der Waals surface area contributed by atoms with Crippen molar-refractivity contribution in [2.45, 2.75) is 26.8 Å². The second-order valence-electron chi connectivity index (χ2n) is 6.48. The number of nitrogens with one attached hydrogen (secondary N) is 2. The van der Waals surface area contributed by atoms with E-state index in [9.17, 15) is 14.4 Å². The number of benzene rings is 2. The molecule has 1 atom stereocenters. The van der Waals surface area contributed by atoms with E-state index in [1.807, 2.05) is 37.3 Å². The first-order valence-electron chi connectivity index (χ1n) is 9.24. The van der Waals surface area contributed by atoms with Crippen molar-refractivity contribution in [3.05, 3.63) is 65.2 Å². The summed E-state index contributed by atoms with van der Waals surface area (Å²) in [6, 6.07) is 13.1. The fourth-order valence-electron chi connectivity index (χ4n) is 3.24. The van der Waals surface area contributed by atoms with Gasteiger partial charge in [0.25, 0.3) is 0 Å². The van der Waals surface area contributed by atoms with Crippen LogP contribution in [0.15, 0.2) is 54.1 Å². The van der Waals surface area contributed by atoms with Crippen molar-refractivity contribution < 1.29 is 23.9 Å². The van der Waals surface area contributed by atoms with Crippen LogP contribution in [-0.4, -0.2) is 24.4 Å². The molecule has 0 spiro atoms. The Morgan fingerprint density at radius 3 is 2.38 bits per heavy atom. The minimum Gasteiger partial charge on any atom is -0.490 e. The molecule has 2 aromatic rings. The maximum Gasteiger partial charge on any atom is 0.320 e. The number of Topliss-reactive ketones (excluding diaryl/α,β-unsaturated/α-hetero) is 1. The maximum atomic E-state index is 12.5. The SMILES string of the molecule is CCOc1cc([C@@H]2NC(=O)NC(c3ccccc3)=C2C(C)=O)ccc1OC(C)=O. The molecule has 1 aliphatic rings. The van der Waals surface area contributed by atoms with E-state index in [-0.39, 0.29) is 11.5 Å². The number of ether oxygens (including phenoxy) is 2. The van der Waals surface area contributed by atoms with Crippen LogP contribution >= 0.6 is 0 Å². The molecule has 0 aromatic heterocycles. The molecule has 2 amide bonds. The summed E-state index contributed by atoms with van der Waals surface area (Å²) >= 11 is 0. The number of carbonyl (C=O) groups is 3. The summed E-state index contributed by atoms with van der Waals surface area (Å²) in [5.74, 6) is -0.00919. The van der Waals surface area contributed by atoms with Crippen LogP contribution < -0.4 is 20.1 Å². The lowest BCUT2D eigenvalue weighted by Crippen LogP contribution is -2.44. The Balaban J connectivity index is 2.12. The van der Waals surface area contributed by atoms with Gasteiger partial charge in [0.05, 0.1) is 18.3 Å². The van der Waals surface area contributed by atoms with E-state index in [0.717, 1.165) is 5.56 Å². The normalized spacial score (nSPS) is 16.0. The zero-order valence-electron chi connectivity index (χ0n) is 16.4. The molecule has 150 valence electrons. The molecule has 2 N–H and O–H groups in total. The Hall–Kier alpha value is -3.61. The summed E-state index contributed by atoms with van der Waals surface area (Å²) in [6.07, 6.45) is 0. The predicted octanol–water partition coefficient (Wildman–Crippen LogP) is 3.36. The average molecular weight is 394 g/mol. The summed E-state index contributed by atoms with van der Waals surface area (Å²) in [5.41, 5.74) is 2.27. The van der Waals surface area contributed by atoms with Crippen LogP contribution in [-0.2, 0) is 9.59 Å². The van der Waals surface area contributed by atoms with Crippen molar-refractivity contribution in [3.63, 3.8) is 0 Å². The standard InChI is InChI=1S/C22H22N2O5/c1-4-28-18-12-16(10-11-17(18)29-14(3)26)21-19(13(2)25)20(23-22(27)24-21)15-8-6-5-7-9-15/h5-12,21H,4H2,1-3H3,(H2,23,24,27)/t21-/m0/s1. The minimum absolute atomic E-state index is 0.177. The van der Waals surface area contributed by atoms with Crippen molar-refractivity contribution in [3.8, 4) is 11.5 Å². The fraction of sp³-hybridized carbons (Fsp3) is 0.227. The van der Waals surface area contributed by atoms with Gasteiger partial charge in [-0.25, -0.2) is 4.79 Å². The van der Waals surface area contributed by atoms with E-state index in [0.29, 0.717) is 29.2 Å². The summed E-state index contributed by atoms with van der Waals surface area (Å²) < 4.78 is 10.8. The molecule has 3 rings (SSSR count). The molecule has 0 radical (unpaired) electrons. The summed E-state index contributed by atoms with van der Waals surface area (Å²) in [7, 11) is 0. The first-order valence-corrected chi connectivity index (χ1v) is 9.24. The van der Waals surface area contributed by atoms with Crippen LogP contribution in [0.2, 0.25) is 0 Å². The maximum absolute atomic E-state index is 12.5.